The van der Waals surface area contributed by atoms with Gasteiger partial charge >= 0.3 is 0 Å². The van der Waals surface area contributed by atoms with Gasteiger partial charge in [0.05, 0.1) is 0 Å². The molecule has 100 valence electrons. The number of likely N-dealkylation sites (N-methyl/N-ethyl adjacent to an activating group) is 1. The summed E-state index contributed by atoms with van der Waals surface area (Å²) in [6.07, 6.45) is 3.28. The van der Waals surface area contributed by atoms with E-state index >= 15 is 0 Å². The molecule has 0 saturated heterocycles. The Morgan fingerprint density at radius 1 is 1.47 bits per heavy atom. The van der Waals surface area contributed by atoms with Gasteiger partial charge in [0, 0.05) is 24.6 Å². The summed E-state index contributed by atoms with van der Waals surface area (Å²) in [6, 6.07) is 7.89. The number of carbonyl (C=O) groups is 1. The smallest absolute Gasteiger partial charge is 0.246 e. The van der Waals surface area contributed by atoms with Crippen molar-refractivity contribution in [2.45, 2.75) is 20.4 Å². The van der Waals surface area contributed by atoms with Crippen LogP contribution in [0.1, 0.15) is 12.5 Å². The molecule has 0 N–H and O–H groups in total. The van der Waals surface area contributed by atoms with Gasteiger partial charge in [0.1, 0.15) is 6.54 Å². The molecule has 0 fully saturated rings. The number of halogens is 1. The monoisotopic (exact) mass is 277 g/mol. The Labute approximate surface area is 117 Å². The first-order valence-electron chi connectivity index (χ1n) is 6.15. The quantitative estimate of drug-likeness (QED) is 0.862. The van der Waals surface area contributed by atoms with Crippen LogP contribution in [0.15, 0.2) is 36.7 Å². The van der Waals surface area contributed by atoms with Crippen molar-refractivity contribution in [3.63, 3.8) is 0 Å². The normalized spacial score (nSPS) is 10.5. The van der Waals surface area contributed by atoms with Gasteiger partial charge in [-0.15, -0.1) is 0 Å². The van der Waals surface area contributed by atoms with Gasteiger partial charge < -0.3 is 9.47 Å². The number of aromatic nitrogens is 2. The van der Waals surface area contributed by atoms with Crippen molar-refractivity contribution in [1.82, 2.24) is 9.55 Å². The summed E-state index contributed by atoms with van der Waals surface area (Å²) in [5.41, 5.74) is 2.04. The third-order valence-corrected chi connectivity index (χ3v) is 3.22. The zero-order valence-corrected chi connectivity index (χ0v) is 11.8. The Kier molecular flexibility index (Phi) is 4.22. The van der Waals surface area contributed by atoms with Crippen LogP contribution in [-0.4, -0.2) is 22.0 Å². The van der Waals surface area contributed by atoms with Crippen LogP contribution in [0.2, 0.25) is 5.28 Å². The molecule has 0 atom stereocenters. The van der Waals surface area contributed by atoms with Crippen molar-refractivity contribution >= 4 is 23.2 Å². The minimum absolute atomic E-state index is 0.00648. The summed E-state index contributed by atoms with van der Waals surface area (Å²) in [5, 5.41) is 0.327. The van der Waals surface area contributed by atoms with Crippen molar-refractivity contribution in [3.05, 3.63) is 47.5 Å². The van der Waals surface area contributed by atoms with E-state index in [2.05, 4.69) is 4.98 Å². The molecule has 1 heterocycles. The maximum atomic E-state index is 12.3. The Morgan fingerprint density at radius 3 is 2.84 bits per heavy atom. The molecule has 1 amide bonds. The van der Waals surface area contributed by atoms with E-state index in [0.717, 1.165) is 11.3 Å². The first kappa shape index (κ1) is 13.6. The molecule has 0 radical (unpaired) electrons. The Morgan fingerprint density at radius 2 is 2.26 bits per heavy atom. The van der Waals surface area contributed by atoms with E-state index in [1.54, 1.807) is 21.9 Å². The maximum absolute atomic E-state index is 12.3. The van der Waals surface area contributed by atoms with Crippen molar-refractivity contribution in [2.24, 2.45) is 0 Å². The highest BCUT2D eigenvalue weighted by atomic mass is 35.5. The van der Waals surface area contributed by atoms with Crippen LogP contribution in [0, 0.1) is 6.92 Å². The van der Waals surface area contributed by atoms with Crippen molar-refractivity contribution in [3.8, 4) is 0 Å². The Balaban J connectivity index is 2.18. The van der Waals surface area contributed by atoms with Gasteiger partial charge in [-0.25, -0.2) is 4.98 Å². The molecule has 2 aromatic rings. The zero-order chi connectivity index (χ0) is 13.8. The molecule has 19 heavy (non-hydrogen) atoms. The largest absolute Gasteiger partial charge is 0.312 e. The number of carbonyl (C=O) groups excluding carboxylic acids is 1. The number of hydrogen-bond donors (Lipinski definition) is 0. The van der Waals surface area contributed by atoms with Crippen LogP contribution in [0.4, 0.5) is 5.69 Å². The molecular formula is C14H16ClN3O. The van der Waals surface area contributed by atoms with Gasteiger partial charge in [-0.05, 0) is 43.1 Å². The second-order valence-electron chi connectivity index (χ2n) is 4.30. The molecule has 0 aliphatic heterocycles. The molecular weight excluding hydrogens is 262 g/mol. The molecule has 0 aliphatic rings. The summed E-state index contributed by atoms with van der Waals surface area (Å²) < 4.78 is 1.63. The molecule has 2 rings (SSSR count). The number of amides is 1. The molecule has 0 spiro atoms. The number of nitrogens with zero attached hydrogens (tertiary/aromatic N) is 3. The van der Waals surface area contributed by atoms with Crippen LogP contribution in [0.5, 0.6) is 0 Å². The summed E-state index contributed by atoms with van der Waals surface area (Å²) >= 11 is 5.88. The fourth-order valence-electron chi connectivity index (χ4n) is 1.96. The number of benzene rings is 1. The maximum Gasteiger partial charge on any atom is 0.246 e. The SMILES string of the molecule is CCN(C(=O)Cn1ccnc1Cl)c1cccc(C)c1. The second-order valence-corrected chi connectivity index (χ2v) is 4.64. The highest BCUT2D eigenvalue weighted by molar-refractivity contribution is 6.28. The van der Waals surface area contributed by atoms with Crippen LogP contribution < -0.4 is 4.90 Å². The molecule has 0 bridgehead atoms. The third kappa shape index (κ3) is 3.15. The molecule has 4 nitrogen and oxygen atoms in total. The highest BCUT2D eigenvalue weighted by Gasteiger charge is 2.15. The first-order chi connectivity index (χ1) is 9.11. The number of rotatable bonds is 4. The van der Waals surface area contributed by atoms with Crippen LogP contribution in [0.3, 0.4) is 0 Å². The summed E-state index contributed by atoms with van der Waals surface area (Å²) in [6.45, 7) is 4.78. The predicted molar refractivity (Wildman–Crippen MR) is 76.4 cm³/mol. The van der Waals surface area contributed by atoms with Gasteiger partial charge in [0.15, 0.2) is 0 Å². The molecule has 0 aliphatic carbocycles. The lowest BCUT2D eigenvalue weighted by Gasteiger charge is -2.21. The predicted octanol–water partition coefficient (Wildman–Crippen LogP) is 2.90. The lowest BCUT2D eigenvalue weighted by Crippen LogP contribution is -2.33. The topological polar surface area (TPSA) is 38.1 Å². The zero-order valence-electron chi connectivity index (χ0n) is 11.0. The average molecular weight is 278 g/mol. The first-order valence-corrected chi connectivity index (χ1v) is 6.53. The summed E-state index contributed by atoms with van der Waals surface area (Å²) in [5.74, 6) is -0.00648. The second kappa shape index (κ2) is 5.89. The number of hydrogen-bond acceptors (Lipinski definition) is 2. The lowest BCUT2D eigenvalue weighted by atomic mass is 10.2. The standard InChI is InChI=1S/C14H16ClN3O/c1-3-18(12-6-4-5-11(2)9-12)13(19)10-17-8-7-16-14(17)15/h4-9H,3,10H2,1-2H3. The van der Waals surface area contributed by atoms with Gasteiger partial charge in [-0.3, -0.25) is 4.79 Å². The van der Waals surface area contributed by atoms with E-state index in [1.807, 2.05) is 38.1 Å². The van der Waals surface area contributed by atoms with Crippen LogP contribution in [-0.2, 0) is 11.3 Å². The Bertz CT molecular complexity index is 580. The fraction of sp³-hybridized carbons (Fsp3) is 0.286. The number of aryl methyl sites for hydroxylation is 1. The van der Waals surface area contributed by atoms with Crippen molar-refractivity contribution in [1.29, 1.82) is 0 Å². The molecule has 1 aromatic heterocycles. The third-order valence-electron chi connectivity index (χ3n) is 2.90. The van der Waals surface area contributed by atoms with Gasteiger partial charge in [0.25, 0.3) is 0 Å². The van der Waals surface area contributed by atoms with Crippen molar-refractivity contribution < 1.29 is 4.79 Å². The molecule has 0 saturated carbocycles. The van der Waals surface area contributed by atoms with E-state index < -0.39 is 0 Å². The van der Waals surface area contributed by atoms with Crippen LogP contribution >= 0.6 is 11.6 Å². The van der Waals surface area contributed by atoms with E-state index in [-0.39, 0.29) is 12.5 Å². The molecule has 0 unspecified atom stereocenters. The van der Waals surface area contributed by atoms with E-state index in [9.17, 15) is 4.79 Å². The number of imidazole rings is 1. The van der Waals surface area contributed by atoms with E-state index in [1.165, 1.54) is 0 Å². The summed E-state index contributed by atoms with van der Waals surface area (Å²) in [7, 11) is 0. The highest BCUT2D eigenvalue weighted by Crippen LogP contribution is 2.17. The molecule has 1 aromatic carbocycles. The van der Waals surface area contributed by atoms with E-state index in [0.29, 0.717) is 11.8 Å². The lowest BCUT2D eigenvalue weighted by molar-refractivity contribution is -0.119. The van der Waals surface area contributed by atoms with Gasteiger partial charge in [0.2, 0.25) is 11.2 Å². The number of anilines is 1. The minimum atomic E-state index is -0.00648. The fourth-order valence-corrected chi connectivity index (χ4v) is 2.13. The van der Waals surface area contributed by atoms with Gasteiger partial charge in [-0.2, -0.15) is 0 Å². The van der Waals surface area contributed by atoms with E-state index in [4.69, 9.17) is 11.6 Å². The molecule has 5 heteroatoms. The minimum Gasteiger partial charge on any atom is -0.312 e. The summed E-state index contributed by atoms with van der Waals surface area (Å²) in [4.78, 5) is 18.0. The van der Waals surface area contributed by atoms with Gasteiger partial charge in [-0.1, -0.05) is 12.1 Å². The van der Waals surface area contributed by atoms with Crippen LogP contribution in [0.25, 0.3) is 0 Å². The Hall–Kier alpha value is -1.81. The van der Waals surface area contributed by atoms with Crippen molar-refractivity contribution in [2.75, 3.05) is 11.4 Å². The average Bonchev–Trinajstić information content (AvgIpc) is 2.76.